The van der Waals surface area contributed by atoms with E-state index in [1.807, 2.05) is 14.1 Å². The average Bonchev–Trinajstić information content (AvgIpc) is 2.41. The van der Waals surface area contributed by atoms with E-state index in [-0.39, 0.29) is 11.9 Å². The molecule has 3 atom stereocenters. The van der Waals surface area contributed by atoms with Crippen molar-refractivity contribution in [1.82, 2.24) is 4.90 Å². The Morgan fingerprint density at radius 3 is 2.57 bits per heavy atom. The summed E-state index contributed by atoms with van der Waals surface area (Å²) in [5.41, 5.74) is 0. The van der Waals surface area contributed by atoms with Crippen molar-refractivity contribution >= 4 is 18.5 Å². The van der Waals surface area contributed by atoms with Crippen LogP contribution in [0.5, 0.6) is 0 Å². The molecule has 0 radical (unpaired) electrons. The van der Waals surface area contributed by atoms with Crippen molar-refractivity contribution in [1.29, 1.82) is 0 Å². The summed E-state index contributed by atoms with van der Waals surface area (Å²) in [6, 6.07) is 0.109. The second kappa shape index (κ2) is 4.11. The molecule has 0 aromatic carbocycles. The lowest BCUT2D eigenvalue weighted by Gasteiger charge is -2.35. The number of carbonyl (C=O) groups excluding carboxylic acids is 1. The van der Waals surface area contributed by atoms with Crippen molar-refractivity contribution in [3.63, 3.8) is 0 Å². The Labute approximate surface area is 92.1 Å². The van der Waals surface area contributed by atoms with Crippen LogP contribution in [0.25, 0.3) is 0 Å². The Hall–Kier alpha value is -0.220. The predicted molar refractivity (Wildman–Crippen MR) is 61.5 cm³/mol. The van der Waals surface area contributed by atoms with Crippen molar-refractivity contribution < 1.29 is 9.28 Å². The van der Waals surface area contributed by atoms with Gasteiger partial charge in [-0.2, -0.15) is 12.6 Å². The maximum Gasteiger partial charge on any atom is 0.280 e. The molecule has 82 valence electrons. The molecular formula is C10H21N2OS+. The van der Waals surface area contributed by atoms with E-state index in [4.69, 9.17) is 0 Å². The van der Waals surface area contributed by atoms with Crippen molar-refractivity contribution in [3.8, 4) is 0 Å². The minimum atomic E-state index is 0.109. The van der Waals surface area contributed by atoms with Gasteiger partial charge in [0.25, 0.3) is 5.91 Å². The smallest absolute Gasteiger partial charge is 0.280 e. The second-order valence-corrected chi connectivity index (χ2v) is 5.35. The number of rotatable bonds is 2. The van der Waals surface area contributed by atoms with E-state index < -0.39 is 0 Å². The zero-order valence-corrected chi connectivity index (χ0v) is 10.4. The molecule has 1 aliphatic heterocycles. The standard InChI is InChI=1S/C10H20N2OS/c1-5-12(4)7-8(14)6-9(12)10(13)11(2)3/h8-9H,5-7H2,1-4H3/p+1/t8-,9-,12?/m0/s1. The molecule has 1 unspecified atom stereocenters. The Kier molecular flexibility index (Phi) is 3.48. The maximum atomic E-state index is 11.9. The number of hydrogen-bond acceptors (Lipinski definition) is 2. The number of nitrogens with zero attached hydrogens (tertiary/aromatic N) is 2. The highest BCUT2D eigenvalue weighted by Gasteiger charge is 2.46. The molecule has 1 saturated heterocycles. The summed E-state index contributed by atoms with van der Waals surface area (Å²) in [5.74, 6) is 0.242. The third-order valence-electron chi connectivity index (χ3n) is 3.32. The molecule has 1 rings (SSSR count). The minimum Gasteiger partial charge on any atom is -0.344 e. The summed E-state index contributed by atoms with van der Waals surface area (Å²) >= 11 is 4.50. The fraction of sp³-hybridized carbons (Fsp3) is 0.900. The number of hydrogen-bond donors (Lipinski definition) is 1. The van der Waals surface area contributed by atoms with Crippen LogP contribution in [0.4, 0.5) is 0 Å². The number of amides is 1. The van der Waals surface area contributed by atoms with Crippen LogP contribution >= 0.6 is 12.6 Å². The number of thiol groups is 1. The second-order valence-electron chi connectivity index (χ2n) is 4.62. The minimum absolute atomic E-state index is 0.109. The van der Waals surface area contributed by atoms with E-state index in [2.05, 4.69) is 26.6 Å². The third-order valence-corrected chi connectivity index (χ3v) is 3.70. The lowest BCUT2D eigenvalue weighted by Crippen LogP contribution is -2.54. The van der Waals surface area contributed by atoms with Crippen LogP contribution < -0.4 is 0 Å². The van der Waals surface area contributed by atoms with Gasteiger partial charge >= 0.3 is 0 Å². The van der Waals surface area contributed by atoms with Gasteiger partial charge in [-0.05, 0) is 6.92 Å². The molecule has 0 saturated carbocycles. The molecule has 1 heterocycles. The average molecular weight is 217 g/mol. The number of likely N-dealkylation sites (tertiary alicyclic amines) is 1. The first-order chi connectivity index (χ1) is 6.40. The lowest BCUT2D eigenvalue weighted by atomic mass is 10.2. The first-order valence-corrected chi connectivity index (χ1v) is 5.66. The molecule has 1 amide bonds. The van der Waals surface area contributed by atoms with Gasteiger partial charge in [0.05, 0.1) is 25.4 Å². The summed E-state index contributed by atoms with van der Waals surface area (Å²) in [4.78, 5) is 13.6. The van der Waals surface area contributed by atoms with E-state index in [1.54, 1.807) is 4.90 Å². The van der Waals surface area contributed by atoms with Crippen molar-refractivity contribution in [2.75, 3.05) is 34.2 Å². The number of carbonyl (C=O) groups is 1. The van der Waals surface area contributed by atoms with Crippen LogP contribution in [0.15, 0.2) is 0 Å². The largest absolute Gasteiger partial charge is 0.344 e. The quantitative estimate of drug-likeness (QED) is 0.531. The van der Waals surface area contributed by atoms with Crippen LogP contribution in [0.1, 0.15) is 13.3 Å². The summed E-state index contributed by atoms with van der Waals surface area (Å²) < 4.78 is 0.838. The Morgan fingerprint density at radius 1 is 1.57 bits per heavy atom. The molecule has 0 spiro atoms. The summed E-state index contributed by atoms with van der Waals surface area (Å²) in [6.45, 7) is 4.15. The van der Waals surface area contributed by atoms with Gasteiger partial charge in [-0.3, -0.25) is 4.79 Å². The van der Waals surface area contributed by atoms with Crippen LogP contribution in [0.3, 0.4) is 0 Å². The van der Waals surface area contributed by atoms with Crippen molar-refractivity contribution in [2.45, 2.75) is 24.6 Å². The van der Waals surface area contributed by atoms with E-state index >= 15 is 0 Å². The van der Waals surface area contributed by atoms with Crippen LogP contribution in [0.2, 0.25) is 0 Å². The van der Waals surface area contributed by atoms with Gasteiger partial charge in [-0.25, -0.2) is 0 Å². The van der Waals surface area contributed by atoms with Gasteiger partial charge in [0.15, 0.2) is 6.04 Å². The Balaban J connectivity index is 2.82. The van der Waals surface area contributed by atoms with Crippen molar-refractivity contribution in [3.05, 3.63) is 0 Å². The van der Waals surface area contributed by atoms with E-state index in [0.29, 0.717) is 5.25 Å². The normalized spacial score (nSPS) is 37.2. The summed E-state index contributed by atoms with van der Waals surface area (Å²) in [7, 11) is 5.81. The highest BCUT2D eigenvalue weighted by atomic mass is 32.1. The monoisotopic (exact) mass is 217 g/mol. The molecule has 0 aromatic rings. The highest BCUT2D eigenvalue weighted by molar-refractivity contribution is 7.81. The van der Waals surface area contributed by atoms with Crippen LogP contribution in [0, 0.1) is 0 Å². The maximum absolute atomic E-state index is 11.9. The van der Waals surface area contributed by atoms with Gasteiger partial charge < -0.3 is 9.38 Å². The van der Waals surface area contributed by atoms with Crippen LogP contribution in [-0.2, 0) is 4.79 Å². The van der Waals surface area contributed by atoms with Crippen LogP contribution in [-0.4, -0.2) is 60.8 Å². The molecule has 0 N–H and O–H groups in total. The molecule has 0 aliphatic carbocycles. The third kappa shape index (κ3) is 2.06. The fourth-order valence-corrected chi connectivity index (χ4v) is 2.78. The van der Waals surface area contributed by atoms with Crippen molar-refractivity contribution in [2.24, 2.45) is 0 Å². The summed E-state index contributed by atoms with van der Waals surface area (Å²) in [5, 5.41) is 0.369. The SMILES string of the molecule is CC[N+]1(C)C[C@@H](S)C[C@H]1C(=O)N(C)C. The molecule has 0 bridgehead atoms. The molecule has 1 fully saturated rings. The number of likely N-dealkylation sites (N-methyl/N-ethyl adjacent to an activating group) is 2. The predicted octanol–water partition coefficient (Wildman–Crippen LogP) is 0.612. The first kappa shape index (κ1) is 11.9. The number of quaternary nitrogens is 1. The fourth-order valence-electron chi connectivity index (χ4n) is 2.21. The van der Waals surface area contributed by atoms with Gasteiger partial charge in [0.1, 0.15) is 0 Å². The highest BCUT2D eigenvalue weighted by Crippen LogP contribution is 2.28. The zero-order chi connectivity index (χ0) is 10.9. The molecule has 3 nitrogen and oxygen atoms in total. The van der Waals surface area contributed by atoms with Gasteiger partial charge in [0.2, 0.25) is 0 Å². The van der Waals surface area contributed by atoms with Gasteiger partial charge in [-0.15, -0.1) is 0 Å². The molecule has 4 heteroatoms. The molecular weight excluding hydrogens is 196 g/mol. The Morgan fingerprint density at radius 2 is 2.14 bits per heavy atom. The van der Waals surface area contributed by atoms with Gasteiger partial charge in [-0.1, -0.05) is 0 Å². The first-order valence-electron chi connectivity index (χ1n) is 5.14. The van der Waals surface area contributed by atoms with E-state index in [9.17, 15) is 4.79 Å². The summed E-state index contributed by atoms with van der Waals surface area (Å²) in [6.07, 6.45) is 0.907. The van der Waals surface area contributed by atoms with E-state index in [0.717, 1.165) is 24.0 Å². The molecule has 0 aromatic heterocycles. The molecule has 14 heavy (non-hydrogen) atoms. The molecule has 1 aliphatic rings. The lowest BCUT2D eigenvalue weighted by molar-refractivity contribution is -0.910. The topological polar surface area (TPSA) is 20.3 Å². The zero-order valence-electron chi connectivity index (χ0n) is 9.53. The van der Waals surface area contributed by atoms with Gasteiger partial charge in [0, 0.05) is 20.5 Å². The van der Waals surface area contributed by atoms with E-state index in [1.165, 1.54) is 0 Å². The Bertz CT molecular complexity index is 232.